The minimum absolute atomic E-state index is 0.567. The normalized spacial score (nSPS) is 10.3. The summed E-state index contributed by atoms with van der Waals surface area (Å²) in [5.74, 6) is 0. The number of rotatable bonds is 3. The van der Waals surface area contributed by atoms with Gasteiger partial charge in [0.25, 0.3) is 0 Å². The lowest BCUT2D eigenvalue weighted by Crippen LogP contribution is -2.29. The molecule has 0 atom stereocenters. The fraction of sp³-hybridized carbons (Fsp3) is 1.00. The highest BCUT2D eigenvalue weighted by atomic mass is 79.9. The minimum Gasteiger partial charge on any atom is -0.356 e. The Kier molecular flexibility index (Phi) is 4.75. The molecule has 0 aliphatic heterocycles. The van der Waals surface area contributed by atoms with Gasteiger partial charge in [-0.1, -0.05) is 15.9 Å². The van der Waals surface area contributed by atoms with Crippen LogP contribution in [0.15, 0.2) is 0 Å². The Labute approximate surface area is 50.5 Å². The average Bonchev–Trinajstić information content (AvgIpc) is 1.61. The molecule has 4 heteroatoms. The summed E-state index contributed by atoms with van der Waals surface area (Å²) in [5.41, 5.74) is 0. The third-order valence-electron chi connectivity index (χ3n) is 0.421. The molecule has 0 aliphatic carbocycles. The standard InChI is InChI=1S/C3H8BrNO2/c4-1-2-5-3(6)7/h3,5-7H,1-2H2. The van der Waals surface area contributed by atoms with Crippen LogP contribution in [0.1, 0.15) is 0 Å². The number of hydrogen-bond acceptors (Lipinski definition) is 3. The first kappa shape index (κ1) is 7.36. The summed E-state index contributed by atoms with van der Waals surface area (Å²) < 4.78 is 0. The van der Waals surface area contributed by atoms with E-state index in [9.17, 15) is 0 Å². The molecule has 44 valence electrons. The monoisotopic (exact) mass is 169 g/mol. The smallest absolute Gasteiger partial charge is 0.210 e. The molecule has 0 spiro atoms. The Hall–Kier alpha value is 0.360. The zero-order valence-electron chi connectivity index (χ0n) is 3.76. The van der Waals surface area contributed by atoms with Gasteiger partial charge >= 0.3 is 0 Å². The maximum atomic E-state index is 8.11. The Balaban J connectivity index is 2.68. The first-order valence-corrected chi connectivity index (χ1v) is 3.05. The summed E-state index contributed by atoms with van der Waals surface area (Å²) in [5, 5.41) is 19.3. The van der Waals surface area contributed by atoms with E-state index < -0.39 is 6.41 Å². The molecular formula is C3H8BrNO2. The number of alkyl halides is 1. The molecule has 0 saturated heterocycles. The van der Waals surface area contributed by atoms with Gasteiger partial charge in [0.1, 0.15) is 0 Å². The molecule has 0 amide bonds. The highest BCUT2D eigenvalue weighted by Crippen LogP contribution is 1.74. The zero-order chi connectivity index (χ0) is 5.70. The van der Waals surface area contributed by atoms with Crippen molar-refractivity contribution in [3.8, 4) is 0 Å². The third-order valence-corrected chi connectivity index (χ3v) is 0.818. The Morgan fingerprint density at radius 1 is 1.57 bits per heavy atom. The summed E-state index contributed by atoms with van der Waals surface area (Å²) in [6.45, 7) is 0.567. The molecule has 0 fully saturated rings. The second-order valence-corrected chi connectivity index (χ2v) is 1.81. The van der Waals surface area contributed by atoms with Gasteiger partial charge in [0, 0.05) is 11.9 Å². The van der Waals surface area contributed by atoms with Gasteiger partial charge < -0.3 is 10.2 Å². The van der Waals surface area contributed by atoms with Gasteiger partial charge in [-0.15, -0.1) is 0 Å². The van der Waals surface area contributed by atoms with E-state index in [0.717, 1.165) is 5.33 Å². The highest BCUT2D eigenvalue weighted by Gasteiger charge is 1.89. The van der Waals surface area contributed by atoms with E-state index in [0.29, 0.717) is 6.54 Å². The molecule has 0 heterocycles. The molecule has 0 aliphatic rings. The molecule has 3 N–H and O–H groups in total. The van der Waals surface area contributed by atoms with Crippen molar-refractivity contribution in [3.63, 3.8) is 0 Å². The van der Waals surface area contributed by atoms with Crippen molar-refractivity contribution in [1.29, 1.82) is 0 Å². The molecule has 0 aromatic rings. The molecule has 0 unspecified atom stereocenters. The van der Waals surface area contributed by atoms with E-state index in [-0.39, 0.29) is 0 Å². The van der Waals surface area contributed by atoms with E-state index in [1.54, 1.807) is 0 Å². The van der Waals surface area contributed by atoms with Crippen LogP contribution in [0.25, 0.3) is 0 Å². The van der Waals surface area contributed by atoms with Crippen LogP contribution in [0.4, 0.5) is 0 Å². The molecule has 7 heavy (non-hydrogen) atoms. The minimum atomic E-state index is -1.38. The van der Waals surface area contributed by atoms with Gasteiger partial charge in [-0.05, 0) is 0 Å². The van der Waals surface area contributed by atoms with Crippen LogP contribution in [0.5, 0.6) is 0 Å². The molecule has 0 rings (SSSR count). The van der Waals surface area contributed by atoms with Crippen molar-refractivity contribution in [3.05, 3.63) is 0 Å². The van der Waals surface area contributed by atoms with Gasteiger partial charge in [0.15, 0.2) is 0 Å². The van der Waals surface area contributed by atoms with Gasteiger partial charge in [-0.3, -0.25) is 5.32 Å². The van der Waals surface area contributed by atoms with E-state index in [2.05, 4.69) is 21.2 Å². The lowest BCUT2D eigenvalue weighted by molar-refractivity contribution is -0.0640. The van der Waals surface area contributed by atoms with Crippen molar-refractivity contribution in [2.24, 2.45) is 0 Å². The van der Waals surface area contributed by atoms with Crippen LogP contribution >= 0.6 is 15.9 Å². The van der Waals surface area contributed by atoms with Crippen LogP contribution in [-0.2, 0) is 0 Å². The number of hydrogen-bond donors (Lipinski definition) is 3. The van der Waals surface area contributed by atoms with Gasteiger partial charge in [0.2, 0.25) is 6.41 Å². The van der Waals surface area contributed by atoms with Crippen LogP contribution in [0.2, 0.25) is 0 Å². The number of nitrogens with one attached hydrogen (secondary N) is 1. The van der Waals surface area contributed by atoms with E-state index in [4.69, 9.17) is 10.2 Å². The summed E-state index contributed by atoms with van der Waals surface area (Å²) in [4.78, 5) is 0. The topological polar surface area (TPSA) is 52.5 Å². The quantitative estimate of drug-likeness (QED) is 0.385. The molecule has 0 bridgehead atoms. The number of aliphatic hydroxyl groups excluding tert-OH is 1. The second-order valence-electron chi connectivity index (χ2n) is 1.02. The molecule has 0 saturated carbocycles. The van der Waals surface area contributed by atoms with Crippen LogP contribution in [0, 0.1) is 0 Å². The Morgan fingerprint density at radius 2 is 2.14 bits per heavy atom. The lowest BCUT2D eigenvalue weighted by atomic mass is 10.7. The van der Waals surface area contributed by atoms with Crippen molar-refractivity contribution in [1.82, 2.24) is 5.32 Å². The molecule has 0 aromatic heterocycles. The molecular weight excluding hydrogens is 162 g/mol. The van der Waals surface area contributed by atoms with Gasteiger partial charge in [0.05, 0.1) is 0 Å². The van der Waals surface area contributed by atoms with Crippen LogP contribution < -0.4 is 5.32 Å². The fourth-order valence-electron chi connectivity index (χ4n) is 0.184. The van der Waals surface area contributed by atoms with E-state index >= 15 is 0 Å². The second kappa shape index (κ2) is 4.52. The first-order chi connectivity index (χ1) is 3.27. The average molecular weight is 170 g/mol. The Bertz CT molecular complexity index is 41.9. The fourth-order valence-corrected chi connectivity index (χ4v) is 0.413. The summed E-state index contributed by atoms with van der Waals surface area (Å²) >= 11 is 3.09. The molecule has 0 aromatic carbocycles. The third kappa shape index (κ3) is 6.36. The Morgan fingerprint density at radius 3 is 2.29 bits per heavy atom. The van der Waals surface area contributed by atoms with Crippen molar-refractivity contribution in [2.45, 2.75) is 6.41 Å². The summed E-state index contributed by atoms with van der Waals surface area (Å²) in [6, 6.07) is 0. The van der Waals surface area contributed by atoms with Gasteiger partial charge in [-0.25, -0.2) is 0 Å². The first-order valence-electron chi connectivity index (χ1n) is 1.93. The van der Waals surface area contributed by atoms with Crippen molar-refractivity contribution in [2.75, 3.05) is 11.9 Å². The van der Waals surface area contributed by atoms with Crippen LogP contribution in [0.3, 0.4) is 0 Å². The summed E-state index contributed by atoms with van der Waals surface area (Å²) in [7, 11) is 0. The number of halogens is 1. The van der Waals surface area contributed by atoms with Gasteiger partial charge in [-0.2, -0.15) is 0 Å². The zero-order valence-corrected chi connectivity index (χ0v) is 5.35. The van der Waals surface area contributed by atoms with E-state index in [1.165, 1.54) is 0 Å². The maximum absolute atomic E-state index is 8.11. The van der Waals surface area contributed by atoms with Crippen molar-refractivity contribution >= 4 is 15.9 Å². The van der Waals surface area contributed by atoms with E-state index in [1.807, 2.05) is 0 Å². The predicted molar refractivity (Wildman–Crippen MR) is 30.0 cm³/mol. The van der Waals surface area contributed by atoms with Crippen LogP contribution in [-0.4, -0.2) is 28.5 Å². The SMILES string of the molecule is OC(O)NCCBr. The highest BCUT2D eigenvalue weighted by molar-refractivity contribution is 9.09. The molecule has 0 radical (unpaired) electrons. The largest absolute Gasteiger partial charge is 0.356 e. The predicted octanol–water partition coefficient (Wildman–Crippen LogP) is -0.761. The molecule has 3 nitrogen and oxygen atoms in total. The number of aliphatic hydroxyl groups is 2. The summed E-state index contributed by atoms with van der Waals surface area (Å²) in [6.07, 6.45) is -1.38. The lowest BCUT2D eigenvalue weighted by Gasteiger charge is -2.00. The van der Waals surface area contributed by atoms with Crippen molar-refractivity contribution < 1.29 is 10.2 Å². The maximum Gasteiger partial charge on any atom is 0.210 e.